The Labute approximate surface area is 120 Å². The maximum Gasteiger partial charge on any atom is 0.183 e. The maximum absolute atomic E-state index is 12.9. The molecule has 3 heteroatoms. The van der Waals surface area contributed by atoms with Gasteiger partial charge in [-0.05, 0) is 39.1 Å². The Morgan fingerprint density at radius 1 is 1.20 bits per heavy atom. The fraction of sp³-hybridized carbons (Fsp3) is 0.412. The van der Waals surface area contributed by atoms with Crippen LogP contribution in [0.1, 0.15) is 37.0 Å². The van der Waals surface area contributed by atoms with Gasteiger partial charge in [-0.1, -0.05) is 32.0 Å². The second kappa shape index (κ2) is 5.71. The molecule has 0 saturated heterocycles. The summed E-state index contributed by atoms with van der Waals surface area (Å²) in [5, 5.41) is 1.06. The number of hydrogen-bond donors (Lipinski definition) is 0. The van der Waals surface area contributed by atoms with Crippen LogP contribution >= 0.6 is 0 Å². The highest BCUT2D eigenvalue weighted by molar-refractivity contribution is 6.05. The molecule has 2 rings (SSSR count). The van der Waals surface area contributed by atoms with Crippen LogP contribution in [0.5, 0.6) is 0 Å². The number of ketones is 1. The topological polar surface area (TPSA) is 33.2 Å². The number of hydrogen-bond acceptors (Lipinski definition) is 3. The minimum atomic E-state index is -0.428. The fourth-order valence-electron chi connectivity index (χ4n) is 2.88. The molecule has 0 amide bonds. The summed E-state index contributed by atoms with van der Waals surface area (Å²) in [6.45, 7) is 4.14. The van der Waals surface area contributed by atoms with E-state index in [4.69, 9.17) is 0 Å². The van der Waals surface area contributed by atoms with Crippen LogP contribution in [0, 0.1) is 0 Å². The molecule has 0 saturated carbocycles. The largest absolute Gasteiger partial charge is 0.297 e. The lowest BCUT2D eigenvalue weighted by Gasteiger charge is -2.37. The van der Waals surface area contributed by atoms with Gasteiger partial charge in [0.25, 0.3) is 0 Å². The molecule has 0 N–H and O–H groups in total. The highest BCUT2D eigenvalue weighted by atomic mass is 16.1. The first-order valence-corrected chi connectivity index (χ1v) is 7.12. The number of fused-ring (bicyclic) bond motifs is 1. The third kappa shape index (κ3) is 2.34. The van der Waals surface area contributed by atoms with Gasteiger partial charge in [0.05, 0.1) is 11.1 Å². The van der Waals surface area contributed by atoms with E-state index >= 15 is 0 Å². The van der Waals surface area contributed by atoms with Crippen molar-refractivity contribution in [2.24, 2.45) is 0 Å². The lowest BCUT2D eigenvalue weighted by atomic mass is 9.83. The zero-order chi connectivity index (χ0) is 14.8. The molecule has 1 aromatic heterocycles. The van der Waals surface area contributed by atoms with E-state index in [0.717, 1.165) is 29.3 Å². The molecule has 0 bridgehead atoms. The van der Waals surface area contributed by atoms with Crippen molar-refractivity contribution in [1.29, 1.82) is 0 Å². The van der Waals surface area contributed by atoms with Crippen LogP contribution in [0.25, 0.3) is 10.9 Å². The summed E-state index contributed by atoms with van der Waals surface area (Å²) >= 11 is 0. The van der Waals surface area contributed by atoms with Gasteiger partial charge in [0.1, 0.15) is 0 Å². The molecule has 0 aliphatic carbocycles. The third-order valence-corrected chi connectivity index (χ3v) is 4.32. The SMILES string of the molecule is CCC(CC)(C(=O)c1ccc2cccnc2c1)N(C)C. The molecule has 0 aliphatic heterocycles. The molecule has 0 aliphatic rings. The van der Waals surface area contributed by atoms with Crippen LogP contribution in [0.15, 0.2) is 36.5 Å². The quantitative estimate of drug-likeness (QED) is 0.779. The Balaban J connectivity index is 2.49. The van der Waals surface area contributed by atoms with Crippen LogP contribution in [0.2, 0.25) is 0 Å². The molecule has 0 atom stereocenters. The summed E-state index contributed by atoms with van der Waals surface area (Å²) in [5.41, 5.74) is 1.19. The van der Waals surface area contributed by atoms with E-state index in [9.17, 15) is 4.79 Å². The van der Waals surface area contributed by atoms with Crippen molar-refractivity contribution in [1.82, 2.24) is 9.88 Å². The highest BCUT2D eigenvalue weighted by Gasteiger charge is 2.37. The Morgan fingerprint density at radius 2 is 1.90 bits per heavy atom. The zero-order valence-electron chi connectivity index (χ0n) is 12.7. The van der Waals surface area contributed by atoms with Crippen LogP contribution in [-0.2, 0) is 0 Å². The molecule has 1 heterocycles. The van der Waals surface area contributed by atoms with Gasteiger partial charge in [-0.2, -0.15) is 0 Å². The number of benzene rings is 1. The van der Waals surface area contributed by atoms with E-state index in [1.54, 1.807) is 6.20 Å². The molecule has 20 heavy (non-hydrogen) atoms. The molecule has 106 valence electrons. The van der Waals surface area contributed by atoms with E-state index in [-0.39, 0.29) is 5.78 Å². The smallest absolute Gasteiger partial charge is 0.183 e. The summed E-state index contributed by atoms with van der Waals surface area (Å²) in [6.07, 6.45) is 3.36. The van der Waals surface area contributed by atoms with Gasteiger partial charge in [0.2, 0.25) is 0 Å². The Kier molecular flexibility index (Phi) is 4.19. The fourth-order valence-corrected chi connectivity index (χ4v) is 2.88. The van der Waals surface area contributed by atoms with Gasteiger partial charge < -0.3 is 0 Å². The van der Waals surface area contributed by atoms with Crippen molar-refractivity contribution >= 4 is 16.7 Å². The molecule has 0 spiro atoms. The minimum absolute atomic E-state index is 0.181. The first-order chi connectivity index (χ1) is 9.55. The highest BCUT2D eigenvalue weighted by Crippen LogP contribution is 2.27. The van der Waals surface area contributed by atoms with Crippen molar-refractivity contribution in [3.8, 4) is 0 Å². The number of likely N-dealkylation sites (N-methyl/N-ethyl adjacent to an activating group) is 1. The number of carbonyl (C=O) groups excluding carboxylic acids is 1. The second-order valence-electron chi connectivity index (χ2n) is 5.37. The van der Waals surface area contributed by atoms with Gasteiger partial charge in [0.15, 0.2) is 5.78 Å². The monoisotopic (exact) mass is 270 g/mol. The first kappa shape index (κ1) is 14.7. The maximum atomic E-state index is 12.9. The van der Waals surface area contributed by atoms with Gasteiger partial charge in [0, 0.05) is 17.1 Å². The lowest BCUT2D eigenvalue weighted by Crippen LogP contribution is -2.50. The first-order valence-electron chi connectivity index (χ1n) is 7.12. The number of pyridine rings is 1. The average Bonchev–Trinajstić information content (AvgIpc) is 2.48. The van der Waals surface area contributed by atoms with Crippen LogP contribution in [0.3, 0.4) is 0 Å². The predicted octanol–water partition coefficient (Wildman–Crippen LogP) is 3.54. The Hall–Kier alpha value is -1.74. The van der Waals surface area contributed by atoms with E-state index in [1.165, 1.54) is 0 Å². The van der Waals surface area contributed by atoms with Crippen LogP contribution in [0.4, 0.5) is 0 Å². The summed E-state index contributed by atoms with van der Waals surface area (Å²) in [6, 6.07) is 9.71. The molecule has 0 fully saturated rings. The number of rotatable bonds is 5. The third-order valence-electron chi connectivity index (χ3n) is 4.32. The normalized spacial score (nSPS) is 12.1. The summed E-state index contributed by atoms with van der Waals surface area (Å²) < 4.78 is 0. The molecular weight excluding hydrogens is 248 g/mol. The van der Waals surface area contributed by atoms with Crippen molar-refractivity contribution in [2.75, 3.05) is 14.1 Å². The summed E-state index contributed by atoms with van der Waals surface area (Å²) in [7, 11) is 3.95. The second-order valence-corrected chi connectivity index (χ2v) is 5.37. The molecule has 3 nitrogen and oxygen atoms in total. The molecule has 0 unspecified atom stereocenters. The molecular formula is C17H22N2O. The molecule has 0 radical (unpaired) electrons. The Morgan fingerprint density at radius 3 is 2.50 bits per heavy atom. The summed E-state index contributed by atoms with van der Waals surface area (Å²) in [4.78, 5) is 19.3. The van der Waals surface area contributed by atoms with E-state index < -0.39 is 5.54 Å². The number of nitrogens with zero attached hydrogens (tertiary/aromatic N) is 2. The minimum Gasteiger partial charge on any atom is -0.297 e. The van der Waals surface area contributed by atoms with E-state index in [1.807, 2.05) is 49.3 Å². The lowest BCUT2D eigenvalue weighted by molar-refractivity contribution is 0.0656. The van der Waals surface area contributed by atoms with Gasteiger partial charge in [-0.3, -0.25) is 14.7 Å². The van der Waals surface area contributed by atoms with Crippen molar-refractivity contribution in [2.45, 2.75) is 32.2 Å². The van der Waals surface area contributed by atoms with E-state index in [2.05, 4.69) is 18.8 Å². The van der Waals surface area contributed by atoms with Gasteiger partial charge in [-0.25, -0.2) is 0 Å². The van der Waals surface area contributed by atoms with Crippen LogP contribution in [-0.4, -0.2) is 35.3 Å². The standard InChI is InChI=1S/C17H22N2O/c1-5-17(6-2,19(3)4)16(20)14-10-9-13-8-7-11-18-15(13)12-14/h7-12H,5-6H2,1-4H3. The average molecular weight is 270 g/mol. The van der Waals surface area contributed by atoms with Gasteiger partial charge in [-0.15, -0.1) is 0 Å². The number of aromatic nitrogens is 1. The van der Waals surface area contributed by atoms with Crippen molar-refractivity contribution in [3.05, 3.63) is 42.1 Å². The van der Waals surface area contributed by atoms with E-state index in [0.29, 0.717) is 0 Å². The summed E-state index contributed by atoms with van der Waals surface area (Å²) in [5.74, 6) is 0.181. The van der Waals surface area contributed by atoms with Crippen molar-refractivity contribution in [3.63, 3.8) is 0 Å². The predicted molar refractivity (Wildman–Crippen MR) is 83.1 cm³/mol. The van der Waals surface area contributed by atoms with Crippen LogP contribution < -0.4 is 0 Å². The van der Waals surface area contributed by atoms with Crippen molar-refractivity contribution < 1.29 is 4.79 Å². The molecule has 2 aromatic rings. The Bertz CT molecular complexity index is 615. The molecule has 1 aromatic carbocycles. The zero-order valence-corrected chi connectivity index (χ0v) is 12.7. The van der Waals surface area contributed by atoms with Gasteiger partial charge >= 0.3 is 0 Å². The number of Topliss-reactive ketones (excluding diaryl/α,β-unsaturated/α-hetero) is 1. The number of carbonyl (C=O) groups is 1.